The molecule has 0 N–H and O–H groups in total. The summed E-state index contributed by atoms with van der Waals surface area (Å²) in [6, 6.07) is 9.06. The van der Waals surface area contributed by atoms with Crippen molar-refractivity contribution in [1.82, 2.24) is 14.8 Å². The third kappa shape index (κ3) is 3.86. The number of carbonyl (C=O) groups excluding carboxylic acids is 1. The van der Waals surface area contributed by atoms with Crippen molar-refractivity contribution in [2.75, 3.05) is 26.2 Å². The van der Waals surface area contributed by atoms with Crippen molar-refractivity contribution in [1.29, 1.82) is 0 Å². The summed E-state index contributed by atoms with van der Waals surface area (Å²) in [5.74, 6) is 0.963. The Labute approximate surface area is 167 Å². The van der Waals surface area contributed by atoms with Gasteiger partial charge in [-0.1, -0.05) is 38.1 Å². The topological polar surface area (TPSA) is 49.6 Å². The van der Waals surface area contributed by atoms with Crippen LogP contribution in [0.2, 0.25) is 0 Å². The Kier molecular flexibility index (Phi) is 5.28. The summed E-state index contributed by atoms with van der Waals surface area (Å²) < 4.78 is 5.33. The van der Waals surface area contributed by atoms with Gasteiger partial charge >= 0.3 is 0 Å². The van der Waals surface area contributed by atoms with Crippen molar-refractivity contribution in [3.63, 3.8) is 0 Å². The second-order valence-corrected chi connectivity index (χ2v) is 8.95. The molecule has 0 aliphatic carbocycles. The van der Waals surface area contributed by atoms with Crippen molar-refractivity contribution in [2.24, 2.45) is 5.41 Å². The van der Waals surface area contributed by atoms with Crippen LogP contribution in [0.4, 0.5) is 0 Å². The molecule has 1 unspecified atom stereocenters. The van der Waals surface area contributed by atoms with Gasteiger partial charge in [0.05, 0.1) is 5.69 Å². The van der Waals surface area contributed by atoms with Crippen LogP contribution in [0.25, 0.3) is 0 Å². The average Bonchev–Trinajstić information content (AvgIpc) is 3.28. The molecule has 2 aliphatic rings. The standard InChI is InChI=1S/C23H31N3O2/c1-17(2)20-7-5-19(6-8-20)13-25-11-4-9-23(14-25)10-12-26(15-23)22(27)21-18(3)24-16-28-21/h5-8,16-17H,4,9-15H2,1-3H3. The van der Waals surface area contributed by atoms with Crippen molar-refractivity contribution in [3.05, 3.63) is 53.2 Å². The van der Waals surface area contributed by atoms with E-state index in [0.29, 0.717) is 17.4 Å². The number of likely N-dealkylation sites (tertiary alicyclic amines) is 2. The van der Waals surface area contributed by atoms with Gasteiger partial charge in [-0.15, -0.1) is 0 Å². The molecule has 2 saturated heterocycles. The second-order valence-electron chi connectivity index (χ2n) is 8.95. The van der Waals surface area contributed by atoms with E-state index < -0.39 is 0 Å². The molecule has 3 heterocycles. The highest BCUT2D eigenvalue weighted by Crippen LogP contribution is 2.40. The Hall–Kier alpha value is -2.14. The van der Waals surface area contributed by atoms with Gasteiger partial charge in [0.1, 0.15) is 0 Å². The predicted octanol–water partition coefficient (Wildman–Crippen LogP) is 4.23. The molecule has 150 valence electrons. The van der Waals surface area contributed by atoms with Crippen LogP contribution in [0.1, 0.15) is 66.4 Å². The fraction of sp³-hybridized carbons (Fsp3) is 0.565. The van der Waals surface area contributed by atoms with Crippen LogP contribution < -0.4 is 0 Å². The van der Waals surface area contributed by atoms with Crippen LogP contribution in [-0.2, 0) is 6.54 Å². The fourth-order valence-electron chi connectivity index (χ4n) is 4.80. The molecule has 0 radical (unpaired) electrons. The monoisotopic (exact) mass is 381 g/mol. The lowest BCUT2D eigenvalue weighted by Gasteiger charge is -2.40. The van der Waals surface area contributed by atoms with Crippen LogP contribution in [0.5, 0.6) is 0 Å². The number of benzene rings is 1. The summed E-state index contributed by atoms with van der Waals surface area (Å²) in [6.45, 7) is 11.1. The normalized spacial score (nSPS) is 23.1. The number of aryl methyl sites for hydroxylation is 1. The summed E-state index contributed by atoms with van der Waals surface area (Å²) in [6.07, 6.45) is 4.85. The van der Waals surface area contributed by atoms with Gasteiger partial charge < -0.3 is 9.32 Å². The molecule has 1 spiro atoms. The number of nitrogens with zero attached hydrogens (tertiary/aromatic N) is 3. The zero-order valence-electron chi connectivity index (χ0n) is 17.3. The van der Waals surface area contributed by atoms with Gasteiger partial charge in [-0.2, -0.15) is 0 Å². The molecule has 2 aromatic rings. The minimum Gasteiger partial charge on any atom is -0.438 e. The Morgan fingerprint density at radius 2 is 1.96 bits per heavy atom. The van der Waals surface area contributed by atoms with E-state index in [-0.39, 0.29) is 11.3 Å². The first kappa shape index (κ1) is 19.2. The van der Waals surface area contributed by atoms with Gasteiger partial charge in [0.25, 0.3) is 5.91 Å². The molecular formula is C23H31N3O2. The predicted molar refractivity (Wildman–Crippen MR) is 109 cm³/mol. The first-order valence-corrected chi connectivity index (χ1v) is 10.5. The molecular weight excluding hydrogens is 350 g/mol. The summed E-state index contributed by atoms with van der Waals surface area (Å²) in [7, 11) is 0. The molecule has 1 aromatic carbocycles. The second kappa shape index (κ2) is 7.70. The smallest absolute Gasteiger partial charge is 0.291 e. The lowest BCUT2D eigenvalue weighted by molar-refractivity contribution is 0.0650. The number of rotatable bonds is 4. The number of oxazole rings is 1. The van der Waals surface area contributed by atoms with Crippen LogP contribution in [-0.4, -0.2) is 46.9 Å². The lowest BCUT2D eigenvalue weighted by Crippen LogP contribution is -2.45. The molecule has 1 aromatic heterocycles. The fourth-order valence-corrected chi connectivity index (χ4v) is 4.80. The van der Waals surface area contributed by atoms with E-state index in [2.05, 4.69) is 48.0 Å². The SMILES string of the molecule is Cc1ncoc1C(=O)N1CCC2(CCCN(Cc3ccc(C(C)C)cc3)C2)C1. The average molecular weight is 382 g/mol. The van der Waals surface area contributed by atoms with E-state index in [9.17, 15) is 4.79 Å². The number of amides is 1. The molecule has 5 nitrogen and oxygen atoms in total. The molecule has 1 amide bonds. The van der Waals surface area contributed by atoms with E-state index in [1.807, 2.05) is 11.8 Å². The summed E-state index contributed by atoms with van der Waals surface area (Å²) in [5, 5.41) is 0. The van der Waals surface area contributed by atoms with Gasteiger partial charge in [0.2, 0.25) is 5.76 Å². The minimum absolute atomic E-state index is 0.00623. The van der Waals surface area contributed by atoms with E-state index in [0.717, 1.165) is 39.1 Å². The quantitative estimate of drug-likeness (QED) is 0.795. The molecule has 2 fully saturated rings. The van der Waals surface area contributed by atoms with Gasteiger partial charge in [-0.05, 0) is 49.8 Å². The van der Waals surface area contributed by atoms with Gasteiger partial charge in [-0.3, -0.25) is 9.69 Å². The molecule has 5 heteroatoms. The maximum absolute atomic E-state index is 12.8. The Morgan fingerprint density at radius 1 is 1.18 bits per heavy atom. The zero-order chi connectivity index (χ0) is 19.7. The maximum atomic E-state index is 12.8. The van der Waals surface area contributed by atoms with E-state index in [1.165, 1.54) is 30.4 Å². The molecule has 4 rings (SSSR count). The lowest BCUT2D eigenvalue weighted by atomic mass is 9.79. The van der Waals surface area contributed by atoms with Crippen molar-refractivity contribution < 1.29 is 9.21 Å². The highest BCUT2D eigenvalue weighted by Gasteiger charge is 2.43. The van der Waals surface area contributed by atoms with E-state index in [1.54, 1.807) is 0 Å². The van der Waals surface area contributed by atoms with Crippen molar-refractivity contribution >= 4 is 5.91 Å². The summed E-state index contributed by atoms with van der Waals surface area (Å²) in [4.78, 5) is 21.4. The summed E-state index contributed by atoms with van der Waals surface area (Å²) in [5.41, 5.74) is 3.68. The zero-order valence-corrected chi connectivity index (χ0v) is 17.3. The molecule has 2 aliphatic heterocycles. The Balaban J connectivity index is 1.39. The van der Waals surface area contributed by atoms with Gasteiger partial charge in [-0.25, -0.2) is 4.98 Å². The Bertz CT molecular complexity index is 827. The number of aromatic nitrogens is 1. The maximum Gasteiger partial charge on any atom is 0.291 e. The highest BCUT2D eigenvalue weighted by molar-refractivity contribution is 5.92. The van der Waals surface area contributed by atoms with Crippen LogP contribution in [0.15, 0.2) is 35.1 Å². The number of piperidine rings is 1. The molecule has 1 atom stereocenters. The number of hydrogen-bond acceptors (Lipinski definition) is 4. The molecule has 28 heavy (non-hydrogen) atoms. The van der Waals surface area contributed by atoms with E-state index >= 15 is 0 Å². The highest BCUT2D eigenvalue weighted by atomic mass is 16.3. The van der Waals surface area contributed by atoms with Gasteiger partial charge in [0, 0.05) is 31.6 Å². The van der Waals surface area contributed by atoms with Gasteiger partial charge in [0.15, 0.2) is 6.39 Å². The largest absolute Gasteiger partial charge is 0.438 e. The van der Waals surface area contributed by atoms with E-state index in [4.69, 9.17) is 4.42 Å². The third-order valence-electron chi connectivity index (χ3n) is 6.46. The first-order valence-electron chi connectivity index (χ1n) is 10.5. The Morgan fingerprint density at radius 3 is 2.64 bits per heavy atom. The van der Waals surface area contributed by atoms with Crippen molar-refractivity contribution in [2.45, 2.75) is 52.5 Å². The van der Waals surface area contributed by atoms with Crippen LogP contribution in [0.3, 0.4) is 0 Å². The number of hydrogen-bond donors (Lipinski definition) is 0. The van der Waals surface area contributed by atoms with Crippen LogP contribution in [0, 0.1) is 12.3 Å². The molecule has 0 bridgehead atoms. The first-order chi connectivity index (χ1) is 13.5. The van der Waals surface area contributed by atoms with Crippen LogP contribution >= 0.6 is 0 Å². The number of carbonyl (C=O) groups is 1. The summed E-state index contributed by atoms with van der Waals surface area (Å²) >= 11 is 0. The minimum atomic E-state index is -0.00623. The molecule has 0 saturated carbocycles. The van der Waals surface area contributed by atoms with Crippen molar-refractivity contribution in [3.8, 4) is 0 Å². The third-order valence-corrected chi connectivity index (χ3v) is 6.46.